The second kappa shape index (κ2) is 6.87. The Kier molecular flexibility index (Phi) is 4.74. The maximum Gasteiger partial charge on any atom is 0.325 e. The van der Waals surface area contributed by atoms with Crippen LogP contribution in [0.2, 0.25) is 0 Å². The molecule has 1 aliphatic heterocycles. The molecule has 0 aliphatic carbocycles. The standard InChI is InChI=1S/C21H23N3O3/c1-13-8-10-16(11-9-13)21(4)19(26)24(20(27)23-21)12-18(25)22-17-7-5-6-14(2)15(17)3/h5-11H,12H2,1-4H3,(H,22,25)(H,23,27). The van der Waals surface area contributed by atoms with Gasteiger partial charge in [0.05, 0.1) is 0 Å². The van der Waals surface area contributed by atoms with E-state index in [1.54, 1.807) is 13.0 Å². The third-order valence-corrected chi connectivity index (χ3v) is 5.08. The monoisotopic (exact) mass is 365 g/mol. The van der Waals surface area contributed by atoms with E-state index in [2.05, 4.69) is 10.6 Å². The van der Waals surface area contributed by atoms with Crippen LogP contribution in [0.25, 0.3) is 0 Å². The van der Waals surface area contributed by atoms with E-state index in [0.29, 0.717) is 11.3 Å². The quantitative estimate of drug-likeness (QED) is 0.818. The number of aryl methyl sites for hydroxylation is 2. The van der Waals surface area contributed by atoms with Crippen LogP contribution < -0.4 is 10.6 Å². The molecule has 2 N–H and O–H groups in total. The third kappa shape index (κ3) is 3.43. The first-order valence-corrected chi connectivity index (χ1v) is 8.79. The summed E-state index contributed by atoms with van der Waals surface area (Å²) >= 11 is 0. The topological polar surface area (TPSA) is 78.5 Å². The van der Waals surface area contributed by atoms with Crippen molar-refractivity contribution in [3.63, 3.8) is 0 Å². The summed E-state index contributed by atoms with van der Waals surface area (Å²) in [5.41, 5.74) is 3.24. The molecule has 4 amide bonds. The molecule has 6 heteroatoms. The van der Waals surface area contributed by atoms with Crippen LogP contribution in [-0.4, -0.2) is 29.3 Å². The zero-order valence-electron chi connectivity index (χ0n) is 15.9. The summed E-state index contributed by atoms with van der Waals surface area (Å²) in [6.07, 6.45) is 0. The van der Waals surface area contributed by atoms with E-state index < -0.39 is 23.4 Å². The van der Waals surface area contributed by atoms with Crippen molar-refractivity contribution in [2.75, 3.05) is 11.9 Å². The van der Waals surface area contributed by atoms with Gasteiger partial charge in [-0.25, -0.2) is 4.79 Å². The minimum atomic E-state index is -1.18. The molecule has 0 bridgehead atoms. The Balaban J connectivity index is 1.76. The molecule has 0 radical (unpaired) electrons. The predicted molar refractivity (Wildman–Crippen MR) is 103 cm³/mol. The molecule has 0 aromatic heterocycles. The summed E-state index contributed by atoms with van der Waals surface area (Å²) < 4.78 is 0. The zero-order chi connectivity index (χ0) is 19.8. The number of anilines is 1. The first-order valence-electron chi connectivity index (χ1n) is 8.79. The Hall–Kier alpha value is -3.15. The lowest BCUT2D eigenvalue weighted by atomic mass is 9.91. The lowest BCUT2D eigenvalue weighted by Gasteiger charge is -2.22. The van der Waals surface area contributed by atoms with Gasteiger partial charge in [-0.1, -0.05) is 42.0 Å². The lowest BCUT2D eigenvalue weighted by Crippen LogP contribution is -2.42. The van der Waals surface area contributed by atoms with Gasteiger partial charge < -0.3 is 10.6 Å². The molecule has 2 aromatic rings. The number of carbonyl (C=O) groups is 3. The lowest BCUT2D eigenvalue weighted by molar-refractivity contribution is -0.133. The van der Waals surface area contributed by atoms with Gasteiger partial charge in [-0.2, -0.15) is 0 Å². The molecule has 0 spiro atoms. The summed E-state index contributed by atoms with van der Waals surface area (Å²) in [7, 11) is 0. The number of carbonyl (C=O) groups excluding carboxylic acids is 3. The number of rotatable bonds is 4. The van der Waals surface area contributed by atoms with E-state index in [1.165, 1.54) is 0 Å². The number of hydrogen-bond donors (Lipinski definition) is 2. The molecule has 0 saturated carbocycles. The summed E-state index contributed by atoms with van der Waals surface area (Å²) in [6, 6.07) is 12.4. The van der Waals surface area contributed by atoms with Gasteiger partial charge >= 0.3 is 6.03 Å². The predicted octanol–water partition coefficient (Wildman–Crippen LogP) is 3.02. The summed E-state index contributed by atoms with van der Waals surface area (Å²) in [6.45, 7) is 7.13. The Bertz CT molecular complexity index is 921. The third-order valence-electron chi connectivity index (χ3n) is 5.08. The minimum Gasteiger partial charge on any atom is -0.324 e. The molecule has 1 saturated heterocycles. The van der Waals surface area contributed by atoms with Crippen molar-refractivity contribution < 1.29 is 14.4 Å². The van der Waals surface area contributed by atoms with Crippen LogP contribution in [-0.2, 0) is 15.1 Å². The van der Waals surface area contributed by atoms with Crippen molar-refractivity contribution in [2.24, 2.45) is 0 Å². The largest absolute Gasteiger partial charge is 0.325 e. The molecule has 1 atom stereocenters. The van der Waals surface area contributed by atoms with Crippen LogP contribution in [0.15, 0.2) is 42.5 Å². The van der Waals surface area contributed by atoms with Gasteiger partial charge in [0.2, 0.25) is 5.91 Å². The fraction of sp³-hybridized carbons (Fsp3) is 0.286. The van der Waals surface area contributed by atoms with Gasteiger partial charge in [0.1, 0.15) is 12.1 Å². The Morgan fingerprint density at radius 1 is 1.07 bits per heavy atom. The van der Waals surface area contributed by atoms with Gasteiger partial charge in [0.15, 0.2) is 0 Å². The second-order valence-electron chi connectivity index (χ2n) is 7.11. The molecule has 1 aliphatic rings. The van der Waals surface area contributed by atoms with E-state index in [0.717, 1.165) is 21.6 Å². The highest BCUT2D eigenvalue weighted by Crippen LogP contribution is 2.29. The number of nitrogens with one attached hydrogen (secondary N) is 2. The average Bonchev–Trinajstić information content (AvgIpc) is 2.83. The molecular weight excluding hydrogens is 342 g/mol. The van der Waals surface area contributed by atoms with Crippen molar-refractivity contribution in [1.29, 1.82) is 0 Å². The molecule has 1 heterocycles. The highest BCUT2D eigenvalue weighted by Gasteiger charge is 2.49. The van der Waals surface area contributed by atoms with Crippen LogP contribution in [0.1, 0.15) is 29.2 Å². The van der Waals surface area contributed by atoms with Crippen LogP contribution in [0.3, 0.4) is 0 Å². The normalized spacial score (nSPS) is 19.2. The van der Waals surface area contributed by atoms with Crippen molar-refractivity contribution >= 4 is 23.5 Å². The smallest absolute Gasteiger partial charge is 0.324 e. The molecule has 2 aromatic carbocycles. The first-order chi connectivity index (χ1) is 12.7. The van der Waals surface area contributed by atoms with Gasteiger partial charge in [-0.05, 0) is 50.5 Å². The number of benzene rings is 2. The van der Waals surface area contributed by atoms with Gasteiger partial charge in [-0.15, -0.1) is 0 Å². The summed E-state index contributed by atoms with van der Waals surface area (Å²) in [5, 5.41) is 5.49. The Morgan fingerprint density at radius 2 is 1.74 bits per heavy atom. The Labute approximate surface area is 158 Å². The van der Waals surface area contributed by atoms with Crippen LogP contribution in [0.5, 0.6) is 0 Å². The highest BCUT2D eigenvalue weighted by atomic mass is 16.2. The van der Waals surface area contributed by atoms with Gasteiger partial charge in [0.25, 0.3) is 5.91 Å². The first kappa shape index (κ1) is 18.6. The van der Waals surface area contributed by atoms with Crippen LogP contribution >= 0.6 is 0 Å². The Morgan fingerprint density at radius 3 is 2.41 bits per heavy atom. The molecule has 1 unspecified atom stereocenters. The van der Waals surface area contributed by atoms with E-state index in [1.807, 2.05) is 57.2 Å². The molecule has 3 rings (SSSR count). The highest BCUT2D eigenvalue weighted by molar-refractivity contribution is 6.10. The van der Waals surface area contributed by atoms with Crippen LogP contribution in [0.4, 0.5) is 10.5 Å². The minimum absolute atomic E-state index is 0.334. The van der Waals surface area contributed by atoms with Crippen molar-refractivity contribution in [3.8, 4) is 0 Å². The van der Waals surface area contributed by atoms with E-state index in [9.17, 15) is 14.4 Å². The summed E-state index contributed by atoms with van der Waals surface area (Å²) in [5.74, 6) is -0.854. The van der Waals surface area contributed by atoms with Gasteiger partial charge in [-0.3, -0.25) is 14.5 Å². The number of urea groups is 1. The summed E-state index contributed by atoms with van der Waals surface area (Å²) in [4.78, 5) is 38.6. The van der Waals surface area contributed by atoms with Crippen molar-refractivity contribution in [2.45, 2.75) is 33.2 Å². The average molecular weight is 365 g/mol. The maximum atomic E-state index is 12.9. The molecule has 140 valence electrons. The van der Waals surface area contributed by atoms with Gasteiger partial charge in [0, 0.05) is 5.69 Å². The number of imide groups is 1. The van der Waals surface area contributed by atoms with Crippen molar-refractivity contribution in [3.05, 3.63) is 64.7 Å². The fourth-order valence-corrected chi connectivity index (χ4v) is 3.14. The van der Waals surface area contributed by atoms with Crippen LogP contribution in [0, 0.1) is 20.8 Å². The zero-order valence-corrected chi connectivity index (χ0v) is 15.9. The SMILES string of the molecule is Cc1ccc(C2(C)NC(=O)N(CC(=O)Nc3cccc(C)c3C)C2=O)cc1. The maximum absolute atomic E-state index is 12.9. The van der Waals surface area contributed by atoms with E-state index in [-0.39, 0.29) is 6.54 Å². The van der Waals surface area contributed by atoms with Crippen molar-refractivity contribution in [1.82, 2.24) is 10.2 Å². The number of hydrogen-bond acceptors (Lipinski definition) is 3. The van der Waals surface area contributed by atoms with E-state index in [4.69, 9.17) is 0 Å². The fourth-order valence-electron chi connectivity index (χ4n) is 3.14. The number of amides is 4. The molecule has 1 fully saturated rings. The number of nitrogens with zero attached hydrogens (tertiary/aromatic N) is 1. The molecule has 6 nitrogen and oxygen atoms in total. The van der Waals surface area contributed by atoms with E-state index >= 15 is 0 Å². The molecule has 27 heavy (non-hydrogen) atoms. The molecular formula is C21H23N3O3. The second-order valence-corrected chi connectivity index (χ2v) is 7.11.